The van der Waals surface area contributed by atoms with Crippen molar-refractivity contribution >= 4 is 7.85 Å². The lowest BCUT2D eigenvalue weighted by atomic mass is 9.79. The van der Waals surface area contributed by atoms with Crippen molar-refractivity contribution in [2.45, 2.75) is 52.0 Å². The topological polar surface area (TPSA) is 9.23 Å². The van der Waals surface area contributed by atoms with E-state index in [1.165, 1.54) is 32.1 Å². The van der Waals surface area contributed by atoms with Gasteiger partial charge < -0.3 is 4.74 Å². The molecule has 74 valence electrons. The summed E-state index contributed by atoms with van der Waals surface area (Å²) in [6.45, 7) is 5.35. The van der Waals surface area contributed by atoms with Crippen LogP contribution in [0.4, 0.5) is 0 Å². The Bertz CT molecular complexity index is 128. The van der Waals surface area contributed by atoms with Gasteiger partial charge in [0.1, 0.15) is 7.85 Å². The maximum Gasteiger partial charge on any atom is 0.109 e. The van der Waals surface area contributed by atoms with Crippen molar-refractivity contribution in [1.82, 2.24) is 0 Å². The predicted octanol–water partition coefficient (Wildman–Crippen LogP) is 2.73. The summed E-state index contributed by atoms with van der Waals surface area (Å²) in [7, 11) is 5.86. The van der Waals surface area contributed by atoms with E-state index >= 15 is 0 Å². The summed E-state index contributed by atoms with van der Waals surface area (Å²) >= 11 is 0. The second-order valence-corrected chi connectivity index (χ2v) is 4.29. The minimum absolute atomic E-state index is 0.0108. The summed E-state index contributed by atoms with van der Waals surface area (Å²) in [5.74, 6) is 1.27. The van der Waals surface area contributed by atoms with Crippen molar-refractivity contribution in [1.29, 1.82) is 0 Å². The van der Waals surface area contributed by atoms with Crippen LogP contribution in [0.1, 0.15) is 46.0 Å². The monoisotopic (exact) mass is 180 g/mol. The van der Waals surface area contributed by atoms with Crippen molar-refractivity contribution in [3.8, 4) is 0 Å². The molecule has 1 nitrogen and oxygen atoms in total. The van der Waals surface area contributed by atoms with Crippen molar-refractivity contribution in [3.05, 3.63) is 0 Å². The molecule has 2 unspecified atom stereocenters. The van der Waals surface area contributed by atoms with Crippen molar-refractivity contribution in [2.75, 3.05) is 6.61 Å². The first-order valence-corrected chi connectivity index (χ1v) is 5.63. The zero-order valence-electron chi connectivity index (χ0n) is 8.96. The van der Waals surface area contributed by atoms with E-state index in [1.807, 2.05) is 0 Å². The first-order chi connectivity index (χ1) is 6.25. The Hall–Kier alpha value is 0.0249. The van der Waals surface area contributed by atoms with Crippen LogP contribution in [0, 0.1) is 11.8 Å². The van der Waals surface area contributed by atoms with Crippen LogP contribution >= 0.6 is 0 Å². The Morgan fingerprint density at radius 2 is 2.08 bits per heavy atom. The minimum atomic E-state index is 0.0108. The molecule has 0 bridgehead atoms. The second-order valence-electron chi connectivity index (χ2n) is 4.29. The number of unbranched alkanes of at least 4 members (excludes halogenated alkanes) is 3. The van der Waals surface area contributed by atoms with Crippen LogP contribution in [-0.4, -0.2) is 20.5 Å². The lowest BCUT2D eigenvalue weighted by molar-refractivity contribution is 0.148. The molecule has 0 spiro atoms. The molecule has 0 amide bonds. The third-order valence-corrected chi connectivity index (χ3v) is 3.10. The van der Waals surface area contributed by atoms with Gasteiger partial charge in [0, 0.05) is 12.6 Å². The fourth-order valence-corrected chi connectivity index (χ4v) is 2.09. The number of hydrogen-bond acceptors (Lipinski definition) is 1. The second kappa shape index (κ2) is 5.69. The quantitative estimate of drug-likeness (QED) is 0.466. The van der Waals surface area contributed by atoms with Crippen LogP contribution in [0.5, 0.6) is 0 Å². The zero-order chi connectivity index (χ0) is 9.68. The van der Waals surface area contributed by atoms with E-state index in [1.54, 1.807) is 0 Å². The minimum Gasteiger partial charge on any atom is -0.387 e. The fraction of sp³-hybridized carbons (Fsp3) is 1.00. The van der Waals surface area contributed by atoms with Crippen LogP contribution in [0.25, 0.3) is 0 Å². The Kier molecular flexibility index (Phi) is 4.86. The van der Waals surface area contributed by atoms with Gasteiger partial charge in [-0.05, 0) is 18.3 Å². The average Bonchev–Trinajstić information content (AvgIpc) is 2.42. The van der Waals surface area contributed by atoms with Gasteiger partial charge >= 0.3 is 0 Å². The van der Waals surface area contributed by atoms with Gasteiger partial charge in [0.15, 0.2) is 0 Å². The molecule has 1 fully saturated rings. The first kappa shape index (κ1) is 11.1. The van der Waals surface area contributed by atoms with Gasteiger partial charge in [-0.2, -0.15) is 0 Å². The molecule has 1 aliphatic heterocycles. The van der Waals surface area contributed by atoms with Crippen LogP contribution in [0.15, 0.2) is 0 Å². The summed E-state index contributed by atoms with van der Waals surface area (Å²) < 4.78 is 5.41. The SMILES string of the molecule is [B]C1OC[C@@H](C)C1CCCCCC. The van der Waals surface area contributed by atoms with E-state index in [-0.39, 0.29) is 6.00 Å². The predicted molar refractivity (Wildman–Crippen MR) is 56.9 cm³/mol. The summed E-state index contributed by atoms with van der Waals surface area (Å²) in [6.07, 6.45) is 6.59. The molecule has 0 aliphatic carbocycles. The third kappa shape index (κ3) is 3.34. The van der Waals surface area contributed by atoms with Gasteiger partial charge in [-0.3, -0.25) is 0 Å². The molecule has 1 aliphatic rings. The van der Waals surface area contributed by atoms with E-state index in [0.717, 1.165) is 6.61 Å². The third-order valence-electron chi connectivity index (χ3n) is 3.10. The van der Waals surface area contributed by atoms with Crippen LogP contribution < -0.4 is 0 Å². The van der Waals surface area contributed by atoms with Gasteiger partial charge in [0.05, 0.1) is 0 Å². The standard InChI is InChI=1S/C11H21BO/c1-3-4-5-6-7-10-9(2)8-13-11(10)12/h9-11H,3-8H2,1-2H3/t9-,10?,11?/m1/s1. The Labute approximate surface area is 83.6 Å². The lowest BCUT2D eigenvalue weighted by Crippen LogP contribution is -2.19. The van der Waals surface area contributed by atoms with Crippen molar-refractivity contribution < 1.29 is 4.74 Å². The highest BCUT2D eigenvalue weighted by molar-refractivity contribution is 6.11. The lowest BCUT2D eigenvalue weighted by Gasteiger charge is -2.17. The Morgan fingerprint density at radius 1 is 1.31 bits per heavy atom. The summed E-state index contributed by atoms with van der Waals surface area (Å²) in [4.78, 5) is 0. The van der Waals surface area contributed by atoms with E-state index < -0.39 is 0 Å². The number of ether oxygens (including phenoxy) is 1. The smallest absolute Gasteiger partial charge is 0.109 e. The molecular formula is C11H21BO. The molecule has 2 radical (unpaired) electrons. The highest BCUT2D eigenvalue weighted by Gasteiger charge is 2.29. The van der Waals surface area contributed by atoms with E-state index in [4.69, 9.17) is 12.6 Å². The molecule has 0 aromatic carbocycles. The molecule has 1 rings (SSSR count). The fourth-order valence-electron chi connectivity index (χ4n) is 2.09. The van der Waals surface area contributed by atoms with Gasteiger partial charge in [0.2, 0.25) is 0 Å². The van der Waals surface area contributed by atoms with Crippen molar-refractivity contribution in [2.24, 2.45) is 11.8 Å². The van der Waals surface area contributed by atoms with E-state index in [0.29, 0.717) is 11.8 Å². The van der Waals surface area contributed by atoms with Crippen LogP contribution in [0.2, 0.25) is 0 Å². The van der Waals surface area contributed by atoms with Gasteiger partial charge in [-0.25, -0.2) is 0 Å². The maximum atomic E-state index is 5.86. The molecule has 3 atom stereocenters. The molecule has 0 aromatic rings. The zero-order valence-corrected chi connectivity index (χ0v) is 8.96. The molecule has 1 heterocycles. The molecule has 13 heavy (non-hydrogen) atoms. The molecular weight excluding hydrogens is 159 g/mol. The summed E-state index contributed by atoms with van der Waals surface area (Å²) in [6, 6.07) is 0.0108. The van der Waals surface area contributed by atoms with Gasteiger partial charge in [-0.15, -0.1) is 0 Å². The normalized spacial score (nSPS) is 33.8. The maximum absolute atomic E-state index is 5.86. The van der Waals surface area contributed by atoms with Gasteiger partial charge in [-0.1, -0.05) is 39.5 Å². The summed E-state index contributed by atoms with van der Waals surface area (Å²) in [5, 5.41) is 0. The first-order valence-electron chi connectivity index (χ1n) is 5.63. The van der Waals surface area contributed by atoms with Gasteiger partial charge in [0.25, 0.3) is 0 Å². The number of rotatable bonds is 5. The number of hydrogen-bond donors (Lipinski definition) is 0. The average molecular weight is 180 g/mol. The molecule has 0 aromatic heterocycles. The van der Waals surface area contributed by atoms with E-state index in [2.05, 4.69) is 13.8 Å². The Balaban J connectivity index is 2.12. The molecule has 0 saturated carbocycles. The Morgan fingerprint density at radius 3 is 2.62 bits per heavy atom. The van der Waals surface area contributed by atoms with E-state index in [9.17, 15) is 0 Å². The molecule has 2 heteroatoms. The molecule has 0 N–H and O–H groups in total. The van der Waals surface area contributed by atoms with Crippen LogP contribution in [0.3, 0.4) is 0 Å². The largest absolute Gasteiger partial charge is 0.387 e. The van der Waals surface area contributed by atoms with Crippen molar-refractivity contribution in [3.63, 3.8) is 0 Å². The summed E-state index contributed by atoms with van der Waals surface area (Å²) in [5.41, 5.74) is 0. The molecule has 1 saturated heterocycles. The van der Waals surface area contributed by atoms with Crippen LogP contribution in [-0.2, 0) is 4.74 Å². The highest BCUT2D eigenvalue weighted by Crippen LogP contribution is 2.29. The highest BCUT2D eigenvalue weighted by atomic mass is 16.5.